The van der Waals surface area contributed by atoms with Gasteiger partial charge < -0.3 is 14.7 Å². The van der Waals surface area contributed by atoms with Gasteiger partial charge in [0.15, 0.2) is 5.82 Å². The minimum atomic E-state index is -0.364. The molecule has 0 radical (unpaired) electrons. The Balaban J connectivity index is 1.90. The lowest BCUT2D eigenvalue weighted by Gasteiger charge is -2.16. The van der Waals surface area contributed by atoms with E-state index < -0.39 is 0 Å². The number of likely N-dealkylation sites (N-methyl/N-ethyl adjacent to an activating group) is 1. The maximum absolute atomic E-state index is 12.2. The molecule has 0 atom stereocenters. The lowest BCUT2D eigenvalue weighted by atomic mass is 10.1. The standard InChI is InChI=1S/C15H15Cl2N3O3/c1-9-5-13(19-23-9)18-14(21)8-20(2)15(22)6-10-3-4-11(16)7-12(10)17/h3-5,7H,6,8H2,1-2H3,(H,18,19,21). The molecular formula is C15H15Cl2N3O3. The molecule has 0 aliphatic carbocycles. The number of benzene rings is 1. The second-order valence-electron chi connectivity index (χ2n) is 5.03. The third kappa shape index (κ3) is 4.97. The largest absolute Gasteiger partial charge is 0.360 e. The summed E-state index contributed by atoms with van der Waals surface area (Å²) in [7, 11) is 1.54. The van der Waals surface area contributed by atoms with E-state index in [4.69, 9.17) is 27.7 Å². The maximum Gasteiger partial charge on any atom is 0.245 e. The SMILES string of the molecule is Cc1cc(NC(=O)CN(C)C(=O)Cc2ccc(Cl)cc2Cl)no1. The van der Waals surface area contributed by atoms with Crippen molar-refractivity contribution in [3.8, 4) is 0 Å². The average Bonchev–Trinajstić information content (AvgIpc) is 2.86. The molecule has 0 saturated carbocycles. The predicted molar refractivity (Wildman–Crippen MR) is 87.7 cm³/mol. The second-order valence-corrected chi connectivity index (χ2v) is 5.88. The third-order valence-corrected chi connectivity index (χ3v) is 3.65. The second kappa shape index (κ2) is 7.48. The van der Waals surface area contributed by atoms with Crippen LogP contribution in [0.2, 0.25) is 10.0 Å². The van der Waals surface area contributed by atoms with Gasteiger partial charge in [-0.2, -0.15) is 0 Å². The number of anilines is 1. The number of amides is 2. The van der Waals surface area contributed by atoms with E-state index in [1.54, 1.807) is 38.2 Å². The van der Waals surface area contributed by atoms with Crippen LogP contribution in [0, 0.1) is 6.92 Å². The number of rotatable bonds is 5. The fourth-order valence-corrected chi connectivity index (χ4v) is 2.35. The Labute approximate surface area is 143 Å². The predicted octanol–water partition coefficient (Wildman–Crippen LogP) is 2.93. The molecule has 1 heterocycles. The molecule has 0 bridgehead atoms. The van der Waals surface area contributed by atoms with Gasteiger partial charge in [-0.25, -0.2) is 0 Å². The van der Waals surface area contributed by atoms with Crippen LogP contribution < -0.4 is 5.32 Å². The zero-order chi connectivity index (χ0) is 17.0. The summed E-state index contributed by atoms with van der Waals surface area (Å²) in [6.07, 6.45) is 0.0862. The highest BCUT2D eigenvalue weighted by molar-refractivity contribution is 6.35. The quantitative estimate of drug-likeness (QED) is 0.894. The van der Waals surface area contributed by atoms with Crippen LogP contribution in [0.3, 0.4) is 0 Å². The van der Waals surface area contributed by atoms with Crippen LogP contribution in [0.25, 0.3) is 0 Å². The van der Waals surface area contributed by atoms with Gasteiger partial charge in [-0.3, -0.25) is 9.59 Å². The molecule has 0 fully saturated rings. The number of aromatic nitrogens is 1. The van der Waals surface area contributed by atoms with Crippen LogP contribution in [0.1, 0.15) is 11.3 Å². The lowest BCUT2D eigenvalue weighted by Crippen LogP contribution is -2.35. The van der Waals surface area contributed by atoms with E-state index in [2.05, 4.69) is 10.5 Å². The molecule has 2 rings (SSSR count). The number of hydrogen-bond acceptors (Lipinski definition) is 4. The van der Waals surface area contributed by atoms with Crippen molar-refractivity contribution in [3.05, 3.63) is 45.6 Å². The minimum Gasteiger partial charge on any atom is -0.360 e. The molecule has 1 aromatic heterocycles. The average molecular weight is 356 g/mol. The summed E-state index contributed by atoms with van der Waals surface area (Å²) in [4.78, 5) is 25.3. The van der Waals surface area contributed by atoms with Crippen LogP contribution in [-0.4, -0.2) is 35.5 Å². The highest BCUT2D eigenvalue weighted by Crippen LogP contribution is 2.21. The van der Waals surface area contributed by atoms with Crippen LogP contribution in [0.15, 0.2) is 28.8 Å². The van der Waals surface area contributed by atoms with Crippen molar-refractivity contribution in [2.45, 2.75) is 13.3 Å². The summed E-state index contributed by atoms with van der Waals surface area (Å²) in [6, 6.07) is 6.52. The van der Waals surface area contributed by atoms with Gasteiger partial charge in [-0.05, 0) is 24.6 Å². The number of carbonyl (C=O) groups excluding carboxylic acids is 2. The van der Waals surface area contributed by atoms with Crippen LogP contribution >= 0.6 is 23.2 Å². The normalized spacial score (nSPS) is 10.4. The molecule has 122 valence electrons. The Morgan fingerprint density at radius 2 is 2.04 bits per heavy atom. The van der Waals surface area contributed by atoms with E-state index in [0.29, 0.717) is 27.2 Å². The zero-order valence-corrected chi connectivity index (χ0v) is 14.1. The molecule has 1 N–H and O–H groups in total. The highest BCUT2D eigenvalue weighted by atomic mass is 35.5. The smallest absolute Gasteiger partial charge is 0.245 e. The monoisotopic (exact) mass is 355 g/mol. The van der Waals surface area contributed by atoms with Crippen molar-refractivity contribution in [1.82, 2.24) is 10.1 Å². The lowest BCUT2D eigenvalue weighted by molar-refractivity contribution is -0.132. The Hall–Kier alpha value is -2.05. The Morgan fingerprint density at radius 3 is 2.65 bits per heavy atom. The van der Waals surface area contributed by atoms with Gasteiger partial charge in [0.25, 0.3) is 0 Å². The maximum atomic E-state index is 12.2. The first-order valence-electron chi connectivity index (χ1n) is 6.76. The molecule has 8 heteroatoms. The summed E-state index contributed by atoms with van der Waals surface area (Å²) in [5, 5.41) is 7.13. The molecular weight excluding hydrogens is 341 g/mol. The first kappa shape index (κ1) is 17.3. The number of carbonyl (C=O) groups is 2. The van der Waals surface area contributed by atoms with Crippen molar-refractivity contribution < 1.29 is 14.1 Å². The number of halogens is 2. The number of hydrogen-bond donors (Lipinski definition) is 1. The summed E-state index contributed by atoms with van der Waals surface area (Å²) >= 11 is 11.9. The molecule has 1 aromatic carbocycles. The van der Waals surface area contributed by atoms with Crippen molar-refractivity contribution >= 4 is 40.8 Å². The summed E-state index contributed by atoms with van der Waals surface area (Å²) < 4.78 is 4.85. The van der Waals surface area contributed by atoms with E-state index in [1.165, 1.54) is 4.90 Å². The van der Waals surface area contributed by atoms with Gasteiger partial charge in [0.05, 0.1) is 13.0 Å². The third-order valence-electron chi connectivity index (χ3n) is 3.06. The van der Waals surface area contributed by atoms with Gasteiger partial charge in [0, 0.05) is 23.2 Å². The first-order valence-corrected chi connectivity index (χ1v) is 7.52. The first-order chi connectivity index (χ1) is 10.8. The summed E-state index contributed by atoms with van der Waals surface area (Å²) in [5.41, 5.74) is 0.653. The van der Waals surface area contributed by atoms with Gasteiger partial charge in [0.2, 0.25) is 11.8 Å². The zero-order valence-electron chi connectivity index (χ0n) is 12.6. The number of nitrogens with zero attached hydrogens (tertiary/aromatic N) is 2. The molecule has 2 amide bonds. The molecule has 6 nitrogen and oxygen atoms in total. The number of aryl methyl sites for hydroxylation is 1. The molecule has 0 aliphatic rings. The number of nitrogens with one attached hydrogen (secondary N) is 1. The van der Waals surface area contributed by atoms with Gasteiger partial charge in [0.1, 0.15) is 5.76 Å². The Bertz CT molecular complexity index is 731. The minimum absolute atomic E-state index is 0.0862. The van der Waals surface area contributed by atoms with E-state index in [0.717, 1.165) is 0 Å². The fourth-order valence-electron chi connectivity index (χ4n) is 1.87. The highest BCUT2D eigenvalue weighted by Gasteiger charge is 2.16. The molecule has 0 saturated heterocycles. The molecule has 23 heavy (non-hydrogen) atoms. The van der Waals surface area contributed by atoms with E-state index in [1.807, 2.05) is 0 Å². The Kier molecular flexibility index (Phi) is 5.63. The van der Waals surface area contributed by atoms with Crippen molar-refractivity contribution in [3.63, 3.8) is 0 Å². The van der Waals surface area contributed by atoms with Crippen LogP contribution in [0.5, 0.6) is 0 Å². The molecule has 2 aromatic rings. The van der Waals surface area contributed by atoms with Gasteiger partial charge >= 0.3 is 0 Å². The van der Waals surface area contributed by atoms with Crippen molar-refractivity contribution in [1.29, 1.82) is 0 Å². The Morgan fingerprint density at radius 1 is 1.30 bits per heavy atom. The molecule has 0 aliphatic heterocycles. The van der Waals surface area contributed by atoms with Crippen molar-refractivity contribution in [2.75, 3.05) is 18.9 Å². The summed E-state index contributed by atoms with van der Waals surface area (Å²) in [5.74, 6) is 0.299. The van der Waals surface area contributed by atoms with Gasteiger partial charge in [-0.1, -0.05) is 34.4 Å². The molecule has 0 unspecified atom stereocenters. The summed E-state index contributed by atoms with van der Waals surface area (Å²) in [6.45, 7) is 1.62. The topological polar surface area (TPSA) is 75.4 Å². The van der Waals surface area contributed by atoms with Gasteiger partial charge in [-0.15, -0.1) is 0 Å². The van der Waals surface area contributed by atoms with Crippen LogP contribution in [-0.2, 0) is 16.0 Å². The van der Waals surface area contributed by atoms with E-state index in [-0.39, 0.29) is 24.8 Å². The fraction of sp³-hybridized carbons (Fsp3) is 0.267. The van der Waals surface area contributed by atoms with E-state index in [9.17, 15) is 9.59 Å². The molecule has 0 spiro atoms. The van der Waals surface area contributed by atoms with Crippen LogP contribution in [0.4, 0.5) is 5.82 Å². The van der Waals surface area contributed by atoms with Crippen molar-refractivity contribution in [2.24, 2.45) is 0 Å². The van der Waals surface area contributed by atoms with E-state index >= 15 is 0 Å².